The van der Waals surface area contributed by atoms with E-state index in [1.165, 1.54) is 24.3 Å². The predicted molar refractivity (Wildman–Crippen MR) is 91.4 cm³/mol. The Balaban J connectivity index is 2.52. The molecule has 0 saturated carbocycles. The molecule has 0 bridgehead atoms. The fourth-order valence-electron chi connectivity index (χ4n) is 2.28. The number of alkyl halides is 3. The van der Waals surface area contributed by atoms with E-state index in [1.807, 2.05) is 0 Å². The van der Waals surface area contributed by atoms with Crippen molar-refractivity contribution in [1.29, 1.82) is 5.41 Å². The summed E-state index contributed by atoms with van der Waals surface area (Å²) in [4.78, 5) is 11.0. The maximum absolute atomic E-state index is 12.9. The fourth-order valence-corrected chi connectivity index (χ4v) is 2.56. The van der Waals surface area contributed by atoms with Crippen LogP contribution in [-0.4, -0.2) is 28.1 Å². The summed E-state index contributed by atoms with van der Waals surface area (Å²) in [7, 11) is 0. The van der Waals surface area contributed by atoms with Crippen molar-refractivity contribution in [3.05, 3.63) is 52.5 Å². The third-order valence-electron chi connectivity index (χ3n) is 3.93. The lowest BCUT2D eigenvalue weighted by molar-refractivity contribution is -0.258. The Morgan fingerprint density at radius 3 is 2.19 bits per heavy atom. The minimum absolute atomic E-state index is 0.0113. The minimum atomic E-state index is -4.85. The van der Waals surface area contributed by atoms with E-state index < -0.39 is 23.5 Å². The summed E-state index contributed by atoms with van der Waals surface area (Å²) >= 11 is 6.10. The van der Waals surface area contributed by atoms with Crippen LogP contribution in [0.1, 0.15) is 18.1 Å². The summed E-state index contributed by atoms with van der Waals surface area (Å²) in [6.07, 6.45) is -4.85. The molecule has 1 atom stereocenters. The predicted octanol–water partition coefficient (Wildman–Crippen LogP) is 3.81. The average Bonchev–Trinajstić information content (AvgIpc) is 2.53. The maximum Gasteiger partial charge on any atom is 0.421 e. The number of hydrogen-bond acceptors (Lipinski definition) is 4. The smallest absolute Gasteiger partial charge is 0.421 e. The van der Waals surface area contributed by atoms with Crippen molar-refractivity contribution in [1.82, 2.24) is 0 Å². The second-order valence-electron chi connectivity index (χ2n) is 5.75. The fraction of sp³-hybridized carbons (Fsp3) is 0.176. The second-order valence-corrected chi connectivity index (χ2v) is 6.15. The van der Waals surface area contributed by atoms with Gasteiger partial charge in [0, 0.05) is 16.8 Å². The normalized spacial score (nSPS) is 13.9. The first kappa shape index (κ1) is 19.7. The van der Waals surface area contributed by atoms with Crippen molar-refractivity contribution in [3.63, 3.8) is 0 Å². The van der Waals surface area contributed by atoms with Crippen LogP contribution < -0.4 is 5.73 Å². The molecule has 0 aliphatic heterocycles. The Kier molecular flexibility index (Phi) is 5.03. The van der Waals surface area contributed by atoms with Crippen LogP contribution in [0.15, 0.2) is 36.4 Å². The van der Waals surface area contributed by atoms with E-state index >= 15 is 0 Å². The van der Waals surface area contributed by atoms with Gasteiger partial charge in [0.1, 0.15) is 5.71 Å². The zero-order valence-corrected chi connectivity index (χ0v) is 14.1. The van der Waals surface area contributed by atoms with Gasteiger partial charge in [0.25, 0.3) is 0 Å². The number of anilines is 1. The van der Waals surface area contributed by atoms with Gasteiger partial charge in [-0.25, -0.2) is 4.79 Å². The molecule has 0 aliphatic carbocycles. The number of hydrogen-bond donors (Lipinski definition) is 4. The van der Waals surface area contributed by atoms with Gasteiger partial charge in [-0.05, 0) is 30.2 Å². The summed E-state index contributed by atoms with van der Waals surface area (Å²) in [5.74, 6) is -1.48. The lowest BCUT2D eigenvalue weighted by atomic mass is 9.92. The highest BCUT2D eigenvalue weighted by molar-refractivity contribution is 6.43. The average molecular weight is 387 g/mol. The SMILES string of the molecule is CC(O)(c1ccc(-c2cc(C(=N)C(=O)O)c(N)cc2Cl)cc1)C(F)(F)F. The summed E-state index contributed by atoms with van der Waals surface area (Å²) in [5.41, 5.74) is 2.15. The van der Waals surface area contributed by atoms with Crippen LogP contribution in [0.5, 0.6) is 0 Å². The molecular weight excluding hydrogens is 373 g/mol. The Labute approximate surface area is 151 Å². The van der Waals surface area contributed by atoms with Crippen molar-refractivity contribution in [2.45, 2.75) is 18.7 Å². The maximum atomic E-state index is 12.9. The van der Waals surface area contributed by atoms with Crippen molar-refractivity contribution in [2.24, 2.45) is 0 Å². The van der Waals surface area contributed by atoms with E-state index in [2.05, 4.69) is 0 Å². The van der Waals surface area contributed by atoms with E-state index in [0.717, 1.165) is 12.1 Å². The second kappa shape index (κ2) is 6.62. The molecule has 26 heavy (non-hydrogen) atoms. The summed E-state index contributed by atoms with van der Waals surface area (Å²) in [5, 5.41) is 26.3. The number of rotatable bonds is 4. The van der Waals surface area contributed by atoms with Gasteiger partial charge in [0.15, 0.2) is 5.60 Å². The Bertz CT molecular complexity index is 878. The molecule has 0 fully saturated rings. The molecule has 5 nitrogen and oxygen atoms in total. The van der Waals surface area contributed by atoms with Crippen molar-refractivity contribution in [3.8, 4) is 11.1 Å². The van der Waals surface area contributed by atoms with Crippen LogP contribution in [0.25, 0.3) is 11.1 Å². The van der Waals surface area contributed by atoms with E-state index in [4.69, 9.17) is 27.9 Å². The number of carboxylic acid groups (broad SMARTS) is 1. The number of nitrogens with two attached hydrogens (primary N) is 1. The molecule has 0 spiro atoms. The minimum Gasteiger partial charge on any atom is -0.477 e. The molecule has 5 N–H and O–H groups in total. The molecule has 1 unspecified atom stereocenters. The standard InChI is InChI=1S/C17H14ClF3N2O3/c1-16(26,17(19,20)21)9-4-2-8(3-5-9)10-6-11(14(23)15(24)25)13(22)7-12(10)18/h2-7,23,26H,22H2,1H3,(H,24,25). The molecule has 0 aliphatic rings. The number of aliphatic hydroxyl groups is 1. The van der Waals surface area contributed by atoms with E-state index in [9.17, 15) is 23.1 Å². The van der Waals surface area contributed by atoms with Crippen LogP contribution in [0.3, 0.4) is 0 Å². The molecule has 0 heterocycles. The monoisotopic (exact) mass is 386 g/mol. The largest absolute Gasteiger partial charge is 0.477 e. The summed E-state index contributed by atoms with van der Waals surface area (Å²) in [6, 6.07) is 7.35. The van der Waals surface area contributed by atoms with Gasteiger partial charge in [0.05, 0.1) is 5.02 Å². The number of nitrogens with one attached hydrogen (secondary N) is 1. The highest BCUT2D eigenvalue weighted by atomic mass is 35.5. The molecule has 0 amide bonds. The number of aliphatic carboxylic acids is 1. The molecule has 0 aromatic heterocycles. The van der Waals surface area contributed by atoms with Gasteiger partial charge in [-0.15, -0.1) is 0 Å². The van der Waals surface area contributed by atoms with Gasteiger partial charge < -0.3 is 15.9 Å². The highest BCUT2D eigenvalue weighted by Gasteiger charge is 2.51. The van der Waals surface area contributed by atoms with Crippen LogP contribution in [-0.2, 0) is 10.4 Å². The first-order chi connectivity index (χ1) is 11.9. The summed E-state index contributed by atoms with van der Waals surface area (Å²) < 4.78 is 38.7. The van der Waals surface area contributed by atoms with E-state index in [0.29, 0.717) is 18.1 Å². The Morgan fingerprint density at radius 1 is 1.19 bits per heavy atom. The highest BCUT2D eigenvalue weighted by Crippen LogP contribution is 2.39. The number of carboxylic acids is 1. The Hall–Kier alpha value is -2.58. The zero-order valence-electron chi connectivity index (χ0n) is 13.4. The molecule has 0 saturated heterocycles. The van der Waals surface area contributed by atoms with Crippen LogP contribution in [0.4, 0.5) is 18.9 Å². The first-order valence-electron chi connectivity index (χ1n) is 7.17. The Morgan fingerprint density at radius 2 is 1.73 bits per heavy atom. The topological polar surface area (TPSA) is 107 Å². The molecule has 2 rings (SSSR count). The number of halogens is 4. The van der Waals surface area contributed by atoms with Crippen molar-refractivity contribution >= 4 is 29.0 Å². The van der Waals surface area contributed by atoms with Gasteiger partial charge in [-0.2, -0.15) is 13.2 Å². The number of nitrogen functional groups attached to an aromatic ring is 1. The van der Waals surface area contributed by atoms with Gasteiger partial charge >= 0.3 is 12.1 Å². The van der Waals surface area contributed by atoms with E-state index in [1.54, 1.807) is 0 Å². The summed E-state index contributed by atoms with van der Waals surface area (Å²) in [6.45, 7) is 0.643. The number of benzene rings is 2. The third-order valence-corrected chi connectivity index (χ3v) is 4.25. The molecule has 2 aromatic rings. The molecule has 138 valence electrons. The van der Waals surface area contributed by atoms with Crippen LogP contribution >= 0.6 is 11.6 Å². The lowest BCUT2D eigenvalue weighted by Crippen LogP contribution is -2.39. The van der Waals surface area contributed by atoms with E-state index in [-0.39, 0.29) is 21.8 Å². The third kappa shape index (κ3) is 3.51. The molecule has 0 radical (unpaired) electrons. The lowest BCUT2D eigenvalue weighted by Gasteiger charge is -2.26. The van der Waals surface area contributed by atoms with Crippen molar-refractivity contribution in [2.75, 3.05) is 5.73 Å². The molecule has 9 heteroatoms. The zero-order chi connectivity index (χ0) is 19.9. The van der Waals surface area contributed by atoms with Crippen LogP contribution in [0, 0.1) is 5.41 Å². The van der Waals surface area contributed by atoms with Crippen LogP contribution in [0.2, 0.25) is 5.02 Å². The molecular formula is C17H14ClF3N2O3. The van der Waals surface area contributed by atoms with Crippen molar-refractivity contribution < 1.29 is 28.2 Å². The molecule has 2 aromatic carbocycles. The van der Waals surface area contributed by atoms with Gasteiger partial charge in [0.2, 0.25) is 0 Å². The van der Waals surface area contributed by atoms with Gasteiger partial charge in [-0.1, -0.05) is 35.9 Å². The number of carbonyl (C=O) groups is 1. The first-order valence-corrected chi connectivity index (χ1v) is 7.55. The van der Waals surface area contributed by atoms with Gasteiger partial charge in [-0.3, -0.25) is 5.41 Å². The quantitative estimate of drug-likeness (QED) is 0.473.